The Morgan fingerprint density at radius 2 is 1.73 bits per heavy atom. The highest BCUT2D eigenvalue weighted by Crippen LogP contribution is 2.32. The predicted octanol–water partition coefficient (Wildman–Crippen LogP) is 6.14. The molecule has 0 aromatic heterocycles. The minimum absolute atomic E-state index is 0.00766. The molecule has 0 aliphatic carbocycles. The van der Waals surface area contributed by atoms with Gasteiger partial charge in [-0.15, -0.1) is 11.8 Å². The summed E-state index contributed by atoms with van der Waals surface area (Å²) >= 11 is 1.48. The van der Waals surface area contributed by atoms with Crippen molar-refractivity contribution < 1.29 is 18.0 Å². The van der Waals surface area contributed by atoms with Gasteiger partial charge in [0.1, 0.15) is 0 Å². The lowest BCUT2D eigenvalue weighted by Crippen LogP contribution is -2.04. The number of alkyl halides is 3. The molecule has 0 saturated carbocycles. The first-order valence-electron chi connectivity index (χ1n) is 7.21. The van der Waals surface area contributed by atoms with Gasteiger partial charge in [0.05, 0.1) is 5.56 Å². The van der Waals surface area contributed by atoms with E-state index in [2.05, 4.69) is 13.8 Å². The largest absolute Gasteiger partial charge is 0.416 e. The van der Waals surface area contributed by atoms with Crippen LogP contribution in [0.3, 0.4) is 0 Å². The summed E-state index contributed by atoms with van der Waals surface area (Å²) in [5.41, 5.74) is -0.638. The van der Waals surface area contributed by atoms with Crippen LogP contribution in [0.25, 0.3) is 0 Å². The lowest BCUT2D eigenvalue weighted by molar-refractivity contribution is -0.137. The molecule has 1 atom stereocenters. The molecule has 1 aromatic carbocycles. The van der Waals surface area contributed by atoms with Crippen molar-refractivity contribution in [3.05, 3.63) is 42.0 Å². The number of rotatable bonds is 5. The van der Waals surface area contributed by atoms with E-state index in [4.69, 9.17) is 0 Å². The van der Waals surface area contributed by atoms with E-state index in [1.165, 1.54) is 43.3 Å². The summed E-state index contributed by atoms with van der Waals surface area (Å²) in [5, 5.41) is 0.201. The SMILES string of the molecule is CC(=O)/C=C/CC(C)Sc1ccc(C(F)(F)F)cc1.CCC. The molecule has 1 aromatic rings. The summed E-state index contributed by atoms with van der Waals surface area (Å²) < 4.78 is 37.1. The lowest BCUT2D eigenvalue weighted by Gasteiger charge is -2.10. The van der Waals surface area contributed by atoms with E-state index in [9.17, 15) is 18.0 Å². The summed E-state index contributed by atoms with van der Waals surface area (Å²) in [6, 6.07) is 5.11. The number of thioether (sulfide) groups is 1. The fourth-order valence-corrected chi connectivity index (χ4v) is 2.39. The van der Waals surface area contributed by atoms with Crippen LogP contribution in [0.4, 0.5) is 13.2 Å². The second-order valence-electron chi connectivity index (χ2n) is 4.91. The molecular weight excluding hydrogens is 309 g/mol. The molecule has 0 spiro atoms. The minimum Gasteiger partial charge on any atom is -0.295 e. The molecule has 1 nitrogen and oxygen atoms in total. The van der Waals surface area contributed by atoms with Crippen LogP contribution in [0.2, 0.25) is 0 Å². The van der Waals surface area contributed by atoms with Gasteiger partial charge < -0.3 is 0 Å². The molecular formula is C17H23F3OS. The molecule has 5 heteroatoms. The van der Waals surface area contributed by atoms with Gasteiger partial charge in [0.25, 0.3) is 0 Å². The summed E-state index contributed by atoms with van der Waals surface area (Å²) in [4.78, 5) is 11.5. The molecule has 1 rings (SSSR count). The highest BCUT2D eigenvalue weighted by Gasteiger charge is 2.29. The Hall–Kier alpha value is -1.23. The zero-order valence-electron chi connectivity index (χ0n) is 13.4. The standard InChI is InChI=1S/C14H15F3OS.C3H8/c1-10(18)4-3-5-11(2)19-13-8-6-12(7-9-13)14(15,16)17;1-3-2/h3-4,6-9,11H,5H2,1-2H3;3H2,1-2H3/b4-3+;. The van der Waals surface area contributed by atoms with Gasteiger partial charge in [0.15, 0.2) is 5.78 Å². The Morgan fingerprint density at radius 3 is 2.14 bits per heavy atom. The third-order valence-electron chi connectivity index (χ3n) is 2.34. The maximum atomic E-state index is 12.4. The van der Waals surface area contributed by atoms with Gasteiger partial charge in [-0.25, -0.2) is 0 Å². The van der Waals surface area contributed by atoms with Gasteiger partial charge in [-0.3, -0.25) is 4.79 Å². The van der Waals surface area contributed by atoms with Crippen LogP contribution < -0.4 is 0 Å². The van der Waals surface area contributed by atoms with Gasteiger partial charge in [-0.05, 0) is 43.7 Å². The monoisotopic (exact) mass is 332 g/mol. The zero-order chi connectivity index (χ0) is 17.2. The molecule has 0 heterocycles. The first-order chi connectivity index (χ1) is 10.2. The first kappa shape index (κ1) is 20.8. The molecule has 0 aliphatic heterocycles. The quantitative estimate of drug-likeness (QED) is 0.476. The van der Waals surface area contributed by atoms with E-state index in [1.807, 2.05) is 6.92 Å². The summed E-state index contributed by atoms with van der Waals surface area (Å²) in [6.45, 7) is 7.69. The summed E-state index contributed by atoms with van der Waals surface area (Å²) in [6.07, 6.45) is 0.943. The maximum absolute atomic E-state index is 12.4. The van der Waals surface area contributed by atoms with Crippen molar-refractivity contribution in [2.24, 2.45) is 0 Å². The second-order valence-corrected chi connectivity index (χ2v) is 6.42. The van der Waals surface area contributed by atoms with Crippen molar-refractivity contribution in [2.75, 3.05) is 0 Å². The average Bonchev–Trinajstić information content (AvgIpc) is 2.38. The topological polar surface area (TPSA) is 17.1 Å². The highest BCUT2D eigenvalue weighted by atomic mass is 32.2. The van der Waals surface area contributed by atoms with Crippen molar-refractivity contribution in [3.8, 4) is 0 Å². The van der Waals surface area contributed by atoms with Crippen LogP contribution in [0.1, 0.15) is 46.1 Å². The van der Waals surface area contributed by atoms with Gasteiger partial charge in [-0.1, -0.05) is 33.3 Å². The minimum atomic E-state index is -4.29. The van der Waals surface area contributed by atoms with Gasteiger partial charge in [0.2, 0.25) is 0 Å². The Balaban J connectivity index is 0.00000135. The van der Waals surface area contributed by atoms with Crippen LogP contribution in [0.5, 0.6) is 0 Å². The number of ketones is 1. The van der Waals surface area contributed by atoms with Crippen LogP contribution >= 0.6 is 11.8 Å². The van der Waals surface area contributed by atoms with Gasteiger partial charge in [0, 0.05) is 10.1 Å². The van der Waals surface area contributed by atoms with Crippen LogP contribution in [0, 0.1) is 0 Å². The van der Waals surface area contributed by atoms with Crippen molar-refractivity contribution in [1.29, 1.82) is 0 Å². The van der Waals surface area contributed by atoms with Gasteiger partial charge in [-0.2, -0.15) is 13.2 Å². The number of carbonyl (C=O) groups is 1. The van der Waals surface area contributed by atoms with Crippen LogP contribution in [0.15, 0.2) is 41.3 Å². The number of halogens is 3. The number of hydrogen-bond donors (Lipinski definition) is 0. The molecule has 0 saturated heterocycles. The normalized spacial score (nSPS) is 12.7. The second kappa shape index (κ2) is 10.5. The molecule has 0 aliphatic rings. The Morgan fingerprint density at radius 1 is 1.23 bits per heavy atom. The van der Waals surface area contributed by atoms with Crippen molar-refractivity contribution >= 4 is 17.5 Å². The molecule has 0 fully saturated rings. The van der Waals surface area contributed by atoms with E-state index in [-0.39, 0.29) is 11.0 Å². The molecule has 0 N–H and O–H groups in total. The molecule has 124 valence electrons. The number of benzene rings is 1. The number of hydrogen-bond acceptors (Lipinski definition) is 2. The van der Waals surface area contributed by atoms with E-state index in [0.29, 0.717) is 6.42 Å². The van der Waals surface area contributed by atoms with Crippen molar-refractivity contribution in [1.82, 2.24) is 0 Å². The predicted molar refractivity (Wildman–Crippen MR) is 87.2 cm³/mol. The lowest BCUT2D eigenvalue weighted by atomic mass is 10.2. The molecule has 0 bridgehead atoms. The smallest absolute Gasteiger partial charge is 0.295 e. The number of carbonyl (C=O) groups excluding carboxylic acids is 1. The van der Waals surface area contributed by atoms with E-state index < -0.39 is 11.7 Å². The summed E-state index contributed by atoms with van der Waals surface area (Å²) in [5.74, 6) is -0.00766. The van der Waals surface area contributed by atoms with E-state index in [0.717, 1.165) is 17.0 Å². The number of allylic oxidation sites excluding steroid dienone is 2. The molecule has 1 unspecified atom stereocenters. The molecule has 22 heavy (non-hydrogen) atoms. The Labute approximate surface area is 135 Å². The Kier molecular flexibility index (Phi) is 9.90. The highest BCUT2D eigenvalue weighted by molar-refractivity contribution is 7.99. The Bertz CT molecular complexity index is 464. The first-order valence-corrected chi connectivity index (χ1v) is 8.09. The van der Waals surface area contributed by atoms with Crippen LogP contribution in [-0.2, 0) is 11.0 Å². The average molecular weight is 332 g/mol. The summed E-state index contributed by atoms with van der Waals surface area (Å²) in [7, 11) is 0. The van der Waals surface area contributed by atoms with E-state index >= 15 is 0 Å². The van der Waals surface area contributed by atoms with E-state index in [1.54, 1.807) is 6.08 Å². The molecule has 0 amide bonds. The van der Waals surface area contributed by atoms with Crippen LogP contribution in [-0.4, -0.2) is 11.0 Å². The fourth-order valence-electron chi connectivity index (χ4n) is 1.43. The van der Waals surface area contributed by atoms with Gasteiger partial charge >= 0.3 is 6.18 Å². The molecule has 0 radical (unpaired) electrons. The zero-order valence-corrected chi connectivity index (χ0v) is 14.2. The fraction of sp³-hybridized carbons (Fsp3) is 0.471. The third kappa shape index (κ3) is 9.66. The third-order valence-corrected chi connectivity index (χ3v) is 3.48. The van der Waals surface area contributed by atoms with Crippen molar-refractivity contribution in [2.45, 2.75) is 56.9 Å². The van der Waals surface area contributed by atoms with Crippen molar-refractivity contribution in [3.63, 3.8) is 0 Å². The maximum Gasteiger partial charge on any atom is 0.416 e.